The lowest BCUT2D eigenvalue weighted by molar-refractivity contribution is 0.104. The van der Waals surface area contributed by atoms with Crippen LogP contribution in [0.3, 0.4) is 0 Å². The van der Waals surface area contributed by atoms with Crippen LogP contribution in [0.25, 0.3) is 6.08 Å². The van der Waals surface area contributed by atoms with Gasteiger partial charge < -0.3 is 4.74 Å². The van der Waals surface area contributed by atoms with Gasteiger partial charge in [0, 0.05) is 19.7 Å². The van der Waals surface area contributed by atoms with Crippen molar-refractivity contribution < 1.29 is 17.9 Å². The number of ketones is 1. The molecular weight excluding hydrogens is 350 g/mol. The van der Waals surface area contributed by atoms with Gasteiger partial charge in [0.1, 0.15) is 5.75 Å². The molecule has 0 fully saturated rings. The summed E-state index contributed by atoms with van der Waals surface area (Å²) in [5.74, 6) is 0.586. The van der Waals surface area contributed by atoms with Crippen LogP contribution in [0.15, 0.2) is 59.5 Å². The van der Waals surface area contributed by atoms with Gasteiger partial charge in [0.15, 0.2) is 5.78 Å². The van der Waals surface area contributed by atoms with Gasteiger partial charge in [-0.15, -0.1) is 0 Å². The largest absolute Gasteiger partial charge is 0.491 e. The van der Waals surface area contributed by atoms with Crippen LogP contribution in [0.4, 0.5) is 0 Å². The quantitative estimate of drug-likeness (QED) is 0.549. The minimum atomic E-state index is -3.50. The number of rotatable bonds is 7. The fourth-order valence-electron chi connectivity index (χ4n) is 2.20. The van der Waals surface area contributed by atoms with Gasteiger partial charge in [-0.25, -0.2) is 12.7 Å². The van der Waals surface area contributed by atoms with Crippen molar-refractivity contribution in [1.82, 2.24) is 4.31 Å². The Morgan fingerprint density at radius 2 is 1.58 bits per heavy atom. The third-order valence-electron chi connectivity index (χ3n) is 3.60. The van der Waals surface area contributed by atoms with Crippen molar-refractivity contribution in [2.75, 3.05) is 14.1 Å². The van der Waals surface area contributed by atoms with Gasteiger partial charge in [-0.1, -0.05) is 18.2 Å². The summed E-state index contributed by atoms with van der Waals surface area (Å²) in [5, 5.41) is 0. The molecule has 0 saturated carbocycles. The highest BCUT2D eigenvalue weighted by molar-refractivity contribution is 7.89. The van der Waals surface area contributed by atoms with Gasteiger partial charge in [-0.05, 0) is 61.9 Å². The molecule has 2 aromatic rings. The third-order valence-corrected chi connectivity index (χ3v) is 5.43. The summed E-state index contributed by atoms with van der Waals surface area (Å²) in [4.78, 5) is 12.4. The lowest BCUT2D eigenvalue weighted by atomic mass is 10.1. The van der Waals surface area contributed by atoms with E-state index in [1.54, 1.807) is 6.08 Å². The molecule has 0 saturated heterocycles. The van der Waals surface area contributed by atoms with Crippen LogP contribution in [-0.4, -0.2) is 38.7 Å². The van der Waals surface area contributed by atoms with Crippen LogP contribution in [0.1, 0.15) is 29.8 Å². The van der Waals surface area contributed by atoms with E-state index in [0.717, 1.165) is 15.6 Å². The van der Waals surface area contributed by atoms with E-state index in [1.807, 2.05) is 38.1 Å². The fraction of sp³-hybridized carbons (Fsp3) is 0.250. The standard InChI is InChI=1S/C20H23NO4S/c1-15(2)25-18-10-5-16(6-11-18)7-14-20(22)17-8-12-19(13-9-17)26(23,24)21(3)4/h5-15H,1-4H3. The number of nitrogens with zero attached hydrogens (tertiary/aromatic N) is 1. The first-order chi connectivity index (χ1) is 12.2. The van der Waals surface area contributed by atoms with Crippen molar-refractivity contribution in [2.24, 2.45) is 0 Å². The highest BCUT2D eigenvalue weighted by atomic mass is 32.2. The molecule has 0 atom stereocenters. The molecule has 0 aromatic heterocycles. The Kier molecular flexibility index (Phi) is 6.34. The Morgan fingerprint density at radius 1 is 1.00 bits per heavy atom. The maximum absolute atomic E-state index is 12.3. The molecule has 0 aliphatic carbocycles. The Bertz CT molecular complexity index is 880. The Hall–Kier alpha value is -2.44. The van der Waals surface area contributed by atoms with Crippen LogP contribution in [0, 0.1) is 0 Å². The molecule has 0 radical (unpaired) electrons. The Morgan fingerprint density at radius 3 is 2.08 bits per heavy atom. The number of allylic oxidation sites excluding steroid dienone is 1. The van der Waals surface area contributed by atoms with E-state index in [4.69, 9.17) is 4.74 Å². The Balaban J connectivity index is 2.09. The van der Waals surface area contributed by atoms with Crippen LogP contribution < -0.4 is 4.74 Å². The van der Waals surface area contributed by atoms with E-state index >= 15 is 0 Å². The van der Waals surface area contributed by atoms with Gasteiger partial charge >= 0.3 is 0 Å². The SMILES string of the molecule is CC(C)Oc1ccc(C=CC(=O)c2ccc(S(=O)(=O)N(C)C)cc2)cc1. The predicted octanol–water partition coefficient (Wildman–Crippen LogP) is 3.62. The summed E-state index contributed by atoms with van der Waals surface area (Å²) >= 11 is 0. The number of hydrogen-bond acceptors (Lipinski definition) is 4. The zero-order chi connectivity index (χ0) is 19.3. The number of carbonyl (C=O) groups is 1. The smallest absolute Gasteiger partial charge is 0.242 e. The molecule has 26 heavy (non-hydrogen) atoms. The van der Waals surface area contributed by atoms with Crippen molar-refractivity contribution >= 4 is 21.9 Å². The minimum absolute atomic E-state index is 0.109. The van der Waals surface area contributed by atoms with E-state index in [9.17, 15) is 13.2 Å². The first-order valence-corrected chi connectivity index (χ1v) is 9.66. The average Bonchev–Trinajstić information content (AvgIpc) is 2.60. The molecule has 0 aliphatic rings. The van der Waals surface area contributed by atoms with Crippen LogP contribution in [-0.2, 0) is 10.0 Å². The molecule has 138 valence electrons. The van der Waals surface area contributed by atoms with Gasteiger partial charge in [0.05, 0.1) is 11.0 Å². The zero-order valence-corrected chi connectivity index (χ0v) is 16.2. The third kappa shape index (κ3) is 5.03. The summed E-state index contributed by atoms with van der Waals surface area (Å²) in [7, 11) is -0.562. The van der Waals surface area contributed by atoms with Gasteiger partial charge in [-0.3, -0.25) is 4.79 Å². The van der Waals surface area contributed by atoms with Crippen molar-refractivity contribution in [3.8, 4) is 5.75 Å². The highest BCUT2D eigenvalue weighted by Gasteiger charge is 2.17. The molecule has 0 N–H and O–H groups in total. The lowest BCUT2D eigenvalue weighted by Crippen LogP contribution is -2.22. The summed E-state index contributed by atoms with van der Waals surface area (Å²) in [5.41, 5.74) is 1.31. The van der Waals surface area contributed by atoms with E-state index in [2.05, 4.69) is 0 Å². The normalized spacial score (nSPS) is 12.1. The second-order valence-corrected chi connectivity index (χ2v) is 8.40. The topological polar surface area (TPSA) is 63.7 Å². The van der Waals surface area contributed by atoms with Crippen molar-refractivity contribution in [1.29, 1.82) is 0 Å². The number of ether oxygens (including phenoxy) is 1. The molecule has 2 rings (SSSR count). The van der Waals surface area contributed by atoms with Crippen molar-refractivity contribution in [2.45, 2.75) is 24.8 Å². The van der Waals surface area contributed by atoms with E-state index < -0.39 is 10.0 Å². The minimum Gasteiger partial charge on any atom is -0.491 e. The van der Waals surface area contributed by atoms with Crippen molar-refractivity contribution in [3.05, 3.63) is 65.7 Å². The molecule has 0 heterocycles. The second-order valence-electron chi connectivity index (χ2n) is 6.25. The maximum Gasteiger partial charge on any atom is 0.242 e. The summed E-state index contributed by atoms with van der Waals surface area (Å²) in [6.45, 7) is 3.92. The summed E-state index contributed by atoms with van der Waals surface area (Å²) in [6.07, 6.45) is 3.29. The molecule has 0 spiro atoms. The number of carbonyl (C=O) groups excluding carboxylic acids is 1. The number of hydrogen-bond donors (Lipinski definition) is 0. The lowest BCUT2D eigenvalue weighted by Gasteiger charge is -2.11. The molecule has 5 nitrogen and oxygen atoms in total. The van der Waals surface area contributed by atoms with E-state index in [-0.39, 0.29) is 16.8 Å². The van der Waals surface area contributed by atoms with E-state index in [1.165, 1.54) is 44.4 Å². The van der Waals surface area contributed by atoms with Crippen molar-refractivity contribution in [3.63, 3.8) is 0 Å². The molecular formula is C20H23NO4S. The molecule has 0 aliphatic heterocycles. The molecule has 0 bridgehead atoms. The molecule has 6 heteroatoms. The van der Waals surface area contributed by atoms with Crippen LogP contribution in [0.5, 0.6) is 5.75 Å². The molecule has 0 amide bonds. The van der Waals surface area contributed by atoms with Gasteiger partial charge in [0.25, 0.3) is 0 Å². The molecule has 2 aromatic carbocycles. The predicted molar refractivity (Wildman–Crippen MR) is 103 cm³/mol. The van der Waals surface area contributed by atoms with Crippen LogP contribution in [0.2, 0.25) is 0 Å². The zero-order valence-electron chi connectivity index (χ0n) is 15.3. The maximum atomic E-state index is 12.3. The number of sulfonamides is 1. The first kappa shape index (κ1) is 19.9. The summed E-state index contributed by atoms with van der Waals surface area (Å²) < 4.78 is 30.8. The first-order valence-electron chi connectivity index (χ1n) is 8.22. The fourth-order valence-corrected chi connectivity index (χ4v) is 3.10. The van der Waals surface area contributed by atoms with Gasteiger partial charge in [-0.2, -0.15) is 0 Å². The van der Waals surface area contributed by atoms with Gasteiger partial charge in [0.2, 0.25) is 10.0 Å². The van der Waals surface area contributed by atoms with E-state index in [0.29, 0.717) is 5.56 Å². The van der Waals surface area contributed by atoms with Crippen LogP contribution >= 0.6 is 0 Å². The summed E-state index contributed by atoms with van der Waals surface area (Å²) in [6, 6.07) is 13.4. The molecule has 0 unspecified atom stereocenters. The monoisotopic (exact) mass is 373 g/mol. The number of benzene rings is 2. The Labute approximate surface area is 155 Å². The average molecular weight is 373 g/mol. The second kappa shape index (κ2) is 8.29. The highest BCUT2D eigenvalue weighted by Crippen LogP contribution is 2.16.